The van der Waals surface area contributed by atoms with Gasteiger partial charge in [-0.25, -0.2) is 8.42 Å². The zero-order valence-electron chi connectivity index (χ0n) is 15.5. The summed E-state index contributed by atoms with van der Waals surface area (Å²) in [5.41, 5.74) is 1.15. The van der Waals surface area contributed by atoms with E-state index in [2.05, 4.69) is 17.0 Å². The molecule has 0 aromatic heterocycles. The first-order valence-corrected chi connectivity index (χ1v) is 12.0. The second-order valence-electron chi connectivity index (χ2n) is 6.80. The quantitative estimate of drug-likeness (QED) is 0.705. The molecule has 2 atom stereocenters. The fourth-order valence-electron chi connectivity index (χ4n) is 3.60. The van der Waals surface area contributed by atoms with Crippen molar-refractivity contribution in [3.05, 3.63) is 66.2 Å². The van der Waals surface area contributed by atoms with Crippen molar-refractivity contribution in [1.29, 1.82) is 0 Å². The van der Waals surface area contributed by atoms with Gasteiger partial charge in [-0.1, -0.05) is 48.5 Å². The minimum Gasteiger partial charge on any atom is -0.357 e. The monoisotopic (exact) mass is 438 g/mol. The zero-order valence-corrected chi connectivity index (χ0v) is 17.1. The van der Waals surface area contributed by atoms with Crippen LogP contribution in [0.25, 0.3) is 0 Å². The van der Waals surface area contributed by atoms with Gasteiger partial charge in [-0.15, -0.1) is 0 Å². The molecule has 2 aliphatic heterocycles. The van der Waals surface area contributed by atoms with Crippen molar-refractivity contribution < 1.29 is 25.9 Å². The van der Waals surface area contributed by atoms with Gasteiger partial charge in [0.05, 0.1) is 10.9 Å². The lowest BCUT2D eigenvalue weighted by Gasteiger charge is -2.31. The minimum absolute atomic E-state index is 0.0350. The average molecular weight is 439 g/mol. The first-order valence-electron chi connectivity index (χ1n) is 9.02. The molecular weight excluding hydrogens is 416 g/mol. The van der Waals surface area contributed by atoms with E-state index in [9.17, 15) is 8.42 Å². The molecular formula is C19H22N2O6S2. The summed E-state index contributed by atoms with van der Waals surface area (Å²) in [4.78, 5) is 7.37. The van der Waals surface area contributed by atoms with Crippen LogP contribution in [0.5, 0.6) is 0 Å². The van der Waals surface area contributed by atoms with Crippen molar-refractivity contribution >= 4 is 26.1 Å². The standard InChI is InChI=1S/C19H20N2O2S.H2O4S/c22-24(23,16-10-5-2-6-11-16)18-12-7-13-21-14-17(20-19(18)21)15-8-3-1-4-9-15;1-5(2,3)4/h1-6,8-11,17-18H,7,12-14H2;(H2,1,2,3,4). The molecule has 29 heavy (non-hydrogen) atoms. The van der Waals surface area contributed by atoms with Gasteiger partial charge in [0, 0.05) is 13.1 Å². The number of aliphatic imine (C=N–C) groups is 1. The van der Waals surface area contributed by atoms with Gasteiger partial charge in [0.2, 0.25) is 0 Å². The average Bonchev–Trinajstić information content (AvgIpc) is 3.12. The number of sulfone groups is 1. The van der Waals surface area contributed by atoms with E-state index in [4.69, 9.17) is 22.5 Å². The van der Waals surface area contributed by atoms with Crippen molar-refractivity contribution in [3.63, 3.8) is 0 Å². The van der Waals surface area contributed by atoms with Crippen LogP contribution in [-0.4, -0.2) is 55.0 Å². The number of benzene rings is 2. The van der Waals surface area contributed by atoms with Gasteiger partial charge < -0.3 is 4.90 Å². The van der Waals surface area contributed by atoms with Gasteiger partial charge in [0.15, 0.2) is 9.84 Å². The molecule has 2 unspecified atom stereocenters. The molecule has 1 fully saturated rings. The van der Waals surface area contributed by atoms with Gasteiger partial charge in [-0.2, -0.15) is 8.42 Å². The fourth-order valence-corrected chi connectivity index (χ4v) is 5.43. The topological polar surface area (TPSA) is 124 Å². The molecule has 2 aromatic rings. The lowest BCUT2D eigenvalue weighted by atomic mass is 10.1. The third-order valence-electron chi connectivity index (χ3n) is 4.82. The van der Waals surface area contributed by atoms with E-state index >= 15 is 0 Å². The van der Waals surface area contributed by atoms with Crippen molar-refractivity contribution in [2.45, 2.75) is 29.0 Å². The Labute approximate surface area is 170 Å². The van der Waals surface area contributed by atoms with E-state index in [-0.39, 0.29) is 6.04 Å². The molecule has 0 amide bonds. The molecule has 10 heteroatoms. The Kier molecular flexibility index (Phi) is 6.37. The fraction of sp³-hybridized carbons (Fsp3) is 0.316. The van der Waals surface area contributed by atoms with Crippen LogP contribution in [0.15, 0.2) is 70.6 Å². The first kappa shape index (κ1) is 21.4. The molecule has 0 saturated carbocycles. The van der Waals surface area contributed by atoms with Crippen LogP contribution < -0.4 is 0 Å². The maximum absolute atomic E-state index is 13.1. The Morgan fingerprint density at radius 1 is 0.897 bits per heavy atom. The van der Waals surface area contributed by atoms with E-state index in [0.29, 0.717) is 11.3 Å². The van der Waals surface area contributed by atoms with Crippen molar-refractivity contribution in [2.75, 3.05) is 13.1 Å². The van der Waals surface area contributed by atoms with E-state index in [1.54, 1.807) is 24.3 Å². The highest BCUT2D eigenvalue weighted by molar-refractivity contribution is 7.92. The van der Waals surface area contributed by atoms with E-state index in [1.165, 1.54) is 0 Å². The molecule has 0 bridgehead atoms. The lowest BCUT2D eigenvalue weighted by molar-refractivity contribution is 0.380. The van der Waals surface area contributed by atoms with Crippen molar-refractivity contribution in [1.82, 2.24) is 4.90 Å². The first-order chi connectivity index (χ1) is 13.7. The van der Waals surface area contributed by atoms with Gasteiger partial charge in [0.25, 0.3) is 0 Å². The summed E-state index contributed by atoms with van der Waals surface area (Å²) in [6, 6.07) is 18.9. The summed E-state index contributed by atoms with van der Waals surface area (Å²) >= 11 is 0. The zero-order chi connectivity index (χ0) is 21.1. The highest BCUT2D eigenvalue weighted by Crippen LogP contribution is 2.33. The summed E-state index contributed by atoms with van der Waals surface area (Å²) in [5, 5.41) is -0.526. The molecule has 0 aliphatic carbocycles. The van der Waals surface area contributed by atoms with Gasteiger partial charge >= 0.3 is 10.4 Å². The summed E-state index contributed by atoms with van der Waals surface area (Å²) in [6.07, 6.45) is 1.53. The number of hydrogen-bond donors (Lipinski definition) is 2. The third kappa shape index (κ3) is 5.41. The third-order valence-corrected chi connectivity index (χ3v) is 6.94. The number of amidine groups is 1. The molecule has 156 valence electrons. The second-order valence-corrected chi connectivity index (χ2v) is 9.82. The number of piperidine rings is 1. The molecule has 8 nitrogen and oxygen atoms in total. The maximum Gasteiger partial charge on any atom is 0.394 e. The predicted octanol–water partition coefficient (Wildman–Crippen LogP) is 2.43. The Balaban J connectivity index is 0.000000431. The molecule has 0 spiro atoms. The van der Waals surface area contributed by atoms with Crippen LogP contribution in [0.4, 0.5) is 0 Å². The summed E-state index contributed by atoms with van der Waals surface area (Å²) in [6.45, 7) is 1.67. The van der Waals surface area contributed by atoms with Crippen LogP contribution in [0.2, 0.25) is 0 Å². The second kappa shape index (κ2) is 8.62. The predicted molar refractivity (Wildman–Crippen MR) is 109 cm³/mol. The Bertz CT molecular complexity index is 1060. The summed E-state index contributed by atoms with van der Waals surface area (Å²) in [7, 11) is -8.06. The smallest absolute Gasteiger partial charge is 0.357 e. The molecule has 1 saturated heterocycles. The minimum atomic E-state index is -4.67. The Morgan fingerprint density at radius 3 is 2.03 bits per heavy atom. The van der Waals surface area contributed by atoms with Gasteiger partial charge in [-0.3, -0.25) is 14.1 Å². The number of nitrogens with zero attached hydrogens (tertiary/aromatic N) is 2. The van der Waals surface area contributed by atoms with Crippen LogP contribution in [-0.2, 0) is 20.2 Å². The van der Waals surface area contributed by atoms with Gasteiger partial charge in [0.1, 0.15) is 11.1 Å². The van der Waals surface area contributed by atoms with Crippen LogP contribution in [0.1, 0.15) is 24.4 Å². The van der Waals surface area contributed by atoms with Gasteiger partial charge in [-0.05, 0) is 30.5 Å². The normalized spacial score (nSPS) is 21.6. The highest BCUT2D eigenvalue weighted by atomic mass is 32.3. The number of rotatable bonds is 3. The summed E-state index contributed by atoms with van der Waals surface area (Å²) in [5.74, 6) is 0.749. The number of fused-ring (bicyclic) bond motifs is 1. The molecule has 2 aliphatic rings. The SMILES string of the molecule is O=S(=O)(O)O.O=S(=O)(c1ccccc1)C1CCCN2CC(c3ccccc3)N=C12. The van der Waals surface area contributed by atoms with Crippen molar-refractivity contribution in [3.8, 4) is 0 Å². The molecule has 2 heterocycles. The molecule has 2 aromatic carbocycles. The molecule has 0 radical (unpaired) electrons. The molecule has 2 N–H and O–H groups in total. The highest BCUT2D eigenvalue weighted by Gasteiger charge is 2.41. The van der Waals surface area contributed by atoms with Crippen LogP contribution in [0.3, 0.4) is 0 Å². The lowest BCUT2D eigenvalue weighted by Crippen LogP contribution is -2.45. The van der Waals surface area contributed by atoms with E-state index < -0.39 is 25.5 Å². The number of hydrogen-bond acceptors (Lipinski definition) is 6. The summed E-state index contributed by atoms with van der Waals surface area (Å²) < 4.78 is 57.7. The van der Waals surface area contributed by atoms with Crippen LogP contribution >= 0.6 is 0 Å². The van der Waals surface area contributed by atoms with Crippen LogP contribution in [0, 0.1) is 0 Å². The van der Waals surface area contributed by atoms with E-state index in [0.717, 1.165) is 30.9 Å². The Hall–Kier alpha value is -2.27. The maximum atomic E-state index is 13.1. The molecule has 4 rings (SSSR count). The largest absolute Gasteiger partial charge is 0.394 e. The Morgan fingerprint density at radius 2 is 1.45 bits per heavy atom. The van der Waals surface area contributed by atoms with Crippen molar-refractivity contribution in [2.24, 2.45) is 4.99 Å². The van der Waals surface area contributed by atoms with E-state index in [1.807, 2.05) is 24.3 Å².